The SMILES string of the molecule is CCCCC(CC)C[Si]1(c2ccccc2)c2cc(C)sc2-c2sc(C)cc21. The summed E-state index contributed by atoms with van der Waals surface area (Å²) in [4.78, 5) is 6.15. The first-order valence-electron chi connectivity index (χ1n) is 10.4. The van der Waals surface area contributed by atoms with Crippen LogP contribution in [0.4, 0.5) is 0 Å². The zero-order chi connectivity index (χ0) is 19.0. The first kappa shape index (κ1) is 19.2. The van der Waals surface area contributed by atoms with E-state index >= 15 is 0 Å². The van der Waals surface area contributed by atoms with Crippen molar-refractivity contribution in [2.24, 2.45) is 5.92 Å². The fraction of sp³-hybridized carbons (Fsp3) is 0.417. The van der Waals surface area contributed by atoms with Crippen LogP contribution in [-0.4, -0.2) is 8.07 Å². The van der Waals surface area contributed by atoms with Gasteiger partial charge in [-0.3, -0.25) is 0 Å². The Morgan fingerprint density at radius 2 is 1.48 bits per heavy atom. The molecule has 0 saturated carbocycles. The highest BCUT2D eigenvalue weighted by Crippen LogP contribution is 2.41. The molecule has 0 spiro atoms. The lowest BCUT2D eigenvalue weighted by molar-refractivity contribution is 0.488. The summed E-state index contributed by atoms with van der Waals surface area (Å²) in [6.07, 6.45) is 5.36. The number of hydrogen-bond acceptors (Lipinski definition) is 2. The van der Waals surface area contributed by atoms with Gasteiger partial charge in [0.2, 0.25) is 0 Å². The molecule has 3 aromatic rings. The fourth-order valence-electron chi connectivity index (χ4n) is 4.89. The van der Waals surface area contributed by atoms with Crippen LogP contribution in [0.25, 0.3) is 9.75 Å². The Hall–Kier alpha value is -1.16. The van der Waals surface area contributed by atoms with Crippen LogP contribution in [0, 0.1) is 19.8 Å². The lowest BCUT2D eigenvalue weighted by Gasteiger charge is -2.33. The van der Waals surface area contributed by atoms with Crippen molar-refractivity contribution >= 4 is 46.3 Å². The molecule has 3 heteroatoms. The standard InChI is InChI=1S/C24H30S2Si/c1-5-7-11-19(6-2)16-27(20-12-9-8-10-13-20)21-14-17(3)25-23(21)24-22(27)15-18(4)26-24/h8-10,12-15,19H,5-7,11,16H2,1-4H3. The molecule has 1 atom stereocenters. The average Bonchev–Trinajstić information content (AvgIpc) is 3.31. The van der Waals surface area contributed by atoms with Crippen LogP contribution in [0.15, 0.2) is 42.5 Å². The third-order valence-corrected chi connectivity index (χ3v) is 14.0. The first-order valence-corrected chi connectivity index (χ1v) is 14.2. The molecule has 4 rings (SSSR count). The van der Waals surface area contributed by atoms with Crippen LogP contribution in [0.5, 0.6) is 0 Å². The molecule has 2 aromatic heterocycles. The zero-order valence-electron chi connectivity index (χ0n) is 17.0. The molecule has 1 aliphatic heterocycles. The summed E-state index contributed by atoms with van der Waals surface area (Å²) in [6, 6.07) is 18.0. The molecule has 0 nitrogen and oxygen atoms in total. The van der Waals surface area contributed by atoms with Crippen molar-refractivity contribution in [2.75, 3.05) is 0 Å². The topological polar surface area (TPSA) is 0 Å². The van der Waals surface area contributed by atoms with Gasteiger partial charge in [-0.25, -0.2) is 0 Å². The van der Waals surface area contributed by atoms with E-state index in [1.807, 2.05) is 22.7 Å². The molecular weight excluding hydrogens is 380 g/mol. The van der Waals surface area contributed by atoms with Crippen molar-refractivity contribution < 1.29 is 0 Å². The van der Waals surface area contributed by atoms with Crippen LogP contribution in [0.3, 0.4) is 0 Å². The third-order valence-electron chi connectivity index (χ3n) is 6.24. The van der Waals surface area contributed by atoms with Crippen molar-refractivity contribution in [1.29, 1.82) is 0 Å². The van der Waals surface area contributed by atoms with Crippen LogP contribution >= 0.6 is 22.7 Å². The monoisotopic (exact) mass is 410 g/mol. The van der Waals surface area contributed by atoms with E-state index in [-0.39, 0.29) is 0 Å². The molecule has 0 radical (unpaired) electrons. The summed E-state index contributed by atoms with van der Waals surface area (Å²) in [6.45, 7) is 9.32. The van der Waals surface area contributed by atoms with Crippen molar-refractivity contribution in [1.82, 2.24) is 0 Å². The van der Waals surface area contributed by atoms with Crippen LogP contribution < -0.4 is 15.6 Å². The maximum absolute atomic E-state index is 2.55. The quantitative estimate of drug-likeness (QED) is 0.413. The van der Waals surface area contributed by atoms with E-state index in [0.717, 1.165) is 5.92 Å². The highest BCUT2D eigenvalue weighted by Gasteiger charge is 2.49. The predicted octanol–water partition coefficient (Wildman–Crippen LogP) is 6.09. The highest BCUT2D eigenvalue weighted by molar-refractivity contribution is 7.31. The van der Waals surface area contributed by atoms with E-state index < -0.39 is 8.07 Å². The number of fused-ring (bicyclic) bond motifs is 3. The van der Waals surface area contributed by atoms with Gasteiger partial charge < -0.3 is 0 Å². The molecule has 0 bridgehead atoms. The zero-order valence-corrected chi connectivity index (χ0v) is 19.6. The maximum Gasteiger partial charge on any atom is 0.152 e. The van der Waals surface area contributed by atoms with Crippen molar-refractivity contribution in [3.63, 3.8) is 0 Å². The molecule has 0 amide bonds. The van der Waals surface area contributed by atoms with E-state index in [2.05, 4.69) is 70.2 Å². The van der Waals surface area contributed by atoms with Crippen LogP contribution in [0.2, 0.25) is 6.04 Å². The Bertz CT molecular complexity index is 873. The Balaban J connectivity index is 1.93. The molecule has 3 heterocycles. The van der Waals surface area contributed by atoms with Gasteiger partial charge in [0.25, 0.3) is 0 Å². The normalized spacial score (nSPS) is 15.6. The number of thiophene rings is 2. The Kier molecular flexibility index (Phi) is 5.46. The van der Waals surface area contributed by atoms with E-state index in [1.165, 1.54) is 41.5 Å². The van der Waals surface area contributed by atoms with Gasteiger partial charge in [0, 0.05) is 19.5 Å². The molecule has 0 fully saturated rings. The molecule has 1 aromatic carbocycles. The fourth-order valence-corrected chi connectivity index (χ4v) is 14.3. The first-order chi connectivity index (χ1) is 13.1. The summed E-state index contributed by atoms with van der Waals surface area (Å²) in [5, 5.41) is 5.05. The van der Waals surface area contributed by atoms with E-state index in [0.29, 0.717) is 0 Å². The average molecular weight is 411 g/mol. The minimum absolute atomic E-state index is 0.830. The van der Waals surface area contributed by atoms with Gasteiger partial charge in [0.1, 0.15) is 0 Å². The number of aryl methyl sites for hydroxylation is 2. The van der Waals surface area contributed by atoms with E-state index in [4.69, 9.17) is 0 Å². The van der Waals surface area contributed by atoms with E-state index in [9.17, 15) is 0 Å². The Labute approximate surface area is 173 Å². The van der Waals surface area contributed by atoms with Crippen LogP contribution in [0.1, 0.15) is 49.3 Å². The largest absolute Gasteiger partial charge is 0.152 e. The van der Waals surface area contributed by atoms with Crippen LogP contribution in [-0.2, 0) is 0 Å². The smallest absolute Gasteiger partial charge is 0.140 e. The lowest BCUT2D eigenvalue weighted by Crippen LogP contribution is -2.65. The second-order valence-electron chi connectivity index (χ2n) is 8.09. The molecule has 0 aliphatic carbocycles. The molecule has 0 saturated heterocycles. The van der Waals surface area contributed by atoms with Gasteiger partial charge in [0.15, 0.2) is 8.07 Å². The van der Waals surface area contributed by atoms with E-state index in [1.54, 1.807) is 25.3 Å². The molecular formula is C24H30S2Si. The summed E-state index contributed by atoms with van der Waals surface area (Å²) >= 11 is 4.06. The van der Waals surface area contributed by atoms with Gasteiger partial charge in [0.05, 0.1) is 0 Å². The minimum Gasteiger partial charge on any atom is -0.140 e. The molecule has 1 unspecified atom stereocenters. The number of rotatable bonds is 7. The second-order valence-corrected chi connectivity index (χ2v) is 14.5. The van der Waals surface area contributed by atoms with Crippen molar-refractivity contribution in [2.45, 2.75) is 59.4 Å². The highest BCUT2D eigenvalue weighted by atomic mass is 32.1. The Morgan fingerprint density at radius 3 is 2.00 bits per heavy atom. The summed E-state index contributed by atoms with van der Waals surface area (Å²) in [7, 11) is -1.92. The van der Waals surface area contributed by atoms with Gasteiger partial charge in [-0.05, 0) is 53.5 Å². The Morgan fingerprint density at radius 1 is 0.889 bits per heavy atom. The van der Waals surface area contributed by atoms with Crippen molar-refractivity contribution in [3.8, 4) is 9.75 Å². The lowest BCUT2D eigenvalue weighted by atomic mass is 10.0. The maximum atomic E-state index is 2.55. The molecule has 1 aliphatic rings. The van der Waals surface area contributed by atoms with Gasteiger partial charge in [-0.2, -0.15) is 0 Å². The number of unbranched alkanes of at least 4 members (excludes halogenated alkanes) is 1. The molecule has 0 N–H and O–H groups in total. The summed E-state index contributed by atoms with van der Waals surface area (Å²) in [5.74, 6) is 0.830. The van der Waals surface area contributed by atoms with Gasteiger partial charge >= 0.3 is 0 Å². The van der Waals surface area contributed by atoms with Gasteiger partial charge in [-0.1, -0.05) is 69.9 Å². The predicted molar refractivity (Wildman–Crippen MR) is 126 cm³/mol. The molecule has 142 valence electrons. The molecule has 27 heavy (non-hydrogen) atoms. The second kappa shape index (κ2) is 7.69. The number of hydrogen-bond donors (Lipinski definition) is 0. The van der Waals surface area contributed by atoms with Crippen molar-refractivity contribution in [3.05, 3.63) is 52.2 Å². The summed E-state index contributed by atoms with van der Waals surface area (Å²) < 4.78 is 0. The summed E-state index contributed by atoms with van der Waals surface area (Å²) in [5.41, 5.74) is 0. The number of benzene rings is 1. The van der Waals surface area contributed by atoms with Gasteiger partial charge in [-0.15, -0.1) is 22.7 Å². The minimum atomic E-state index is -1.92. The third kappa shape index (κ3) is 3.18.